The Morgan fingerprint density at radius 3 is 2.32 bits per heavy atom. The van der Waals surface area contributed by atoms with Crippen molar-refractivity contribution in [2.45, 2.75) is 58.4 Å². The number of rotatable bonds is 1. The minimum atomic E-state index is -1.03. The van der Waals surface area contributed by atoms with Crippen LogP contribution in [0.4, 0.5) is 4.79 Å². The predicted molar refractivity (Wildman–Crippen MR) is 68.3 cm³/mol. The number of esters is 1. The quantitative estimate of drug-likeness (QED) is 0.733. The number of aliphatic hydroxyl groups is 1. The monoisotopic (exact) mass is 273 g/mol. The molecule has 0 radical (unpaired) electrons. The molecule has 1 aliphatic heterocycles. The Morgan fingerprint density at radius 1 is 1.26 bits per heavy atom. The lowest BCUT2D eigenvalue weighted by atomic mass is 9.92. The smallest absolute Gasteiger partial charge is 0.412 e. The number of methoxy groups -OCH3 is 1. The summed E-state index contributed by atoms with van der Waals surface area (Å²) >= 11 is 0. The van der Waals surface area contributed by atoms with Crippen molar-refractivity contribution in [2.24, 2.45) is 5.92 Å². The third kappa shape index (κ3) is 3.83. The van der Waals surface area contributed by atoms with Crippen molar-refractivity contribution in [1.82, 2.24) is 4.90 Å². The zero-order chi connectivity index (χ0) is 14.8. The van der Waals surface area contributed by atoms with Crippen LogP contribution in [0.5, 0.6) is 0 Å². The molecule has 3 atom stereocenters. The molecule has 6 heteroatoms. The normalized spacial score (nSPS) is 27.9. The summed E-state index contributed by atoms with van der Waals surface area (Å²) in [4.78, 5) is 24.9. The van der Waals surface area contributed by atoms with Crippen molar-refractivity contribution in [1.29, 1.82) is 0 Å². The Labute approximate surface area is 113 Å². The molecule has 2 unspecified atom stereocenters. The second kappa shape index (κ2) is 5.77. The van der Waals surface area contributed by atoms with Gasteiger partial charge in [-0.2, -0.15) is 0 Å². The lowest BCUT2D eigenvalue weighted by molar-refractivity contribution is -0.170. The van der Waals surface area contributed by atoms with E-state index in [2.05, 4.69) is 4.74 Å². The van der Waals surface area contributed by atoms with Gasteiger partial charge in [0.25, 0.3) is 0 Å². The number of amides is 1. The zero-order valence-electron chi connectivity index (χ0n) is 12.2. The average molecular weight is 273 g/mol. The molecule has 0 saturated carbocycles. The van der Waals surface area contributed by atoms with E-state index in [1.165, 1.54) is 7.11 Å². The SMILES string of the molecule is COC(=O)N1C(O)C(C)CC[C@H]1C(=O)OC(C)(C)C. The molecule has 19 heavy (non-hydrogen) atoms. The summed E-state index contributed by atoms with van der Waals surface area (Å²) in [5.74, 6) is -0.610. The van der Waals surface area contributed by atoms with E-state index in [0.717, 1.165) is 4.90 Å². The highest BCUT2D eigenvalue weighted by Gasteiger charge is 2.43. The number of hydrogen-bond acceptors (Lipinski definition) is 5. The number of hydrogen-bond donors (Lipinski definition) is 1. The molecule has 0 aliphatic carbocycles. The summed E-state index contributed by atoms with van der Waals surface area (Å²) < 4.78 is 9.92. The minimum absolute atomic E-state index is 0.0993. The van der Waals surface area contributed by atoms with E-state index in [4.69, 9.17) is 4.74 Å². The number of ether oxygens (including phenoxy) is 2. The molecule has 6 nitrogen and oxygen atoms in total. The maximum Gasteiger partial charge on any atom is 0.412 e. The third-order valence-corrected chi connectivity index (χ3v) is 3.09. The van der Waals surface area contributed by atoms with Crippen LogP contribution in [0.1, 0.15) is 40.5 Å². The fourth-order valence-corrected chi connectivity index (χ4v) is 2.11. The van der Waals surface area contributed by atoms with E-state index >= 15 is 0 Å². The fraction of sp³-hybridized carbons (Fsp3) is 0.846. The Morgan fingerprint density at radius 2 is 1.84 bits per heavy atom. The largest absolute Gasteiger partial charge is 0.458 e. The van der Waals surface area contributed by atoms with Gasteiger partial charge < -0.3 is 14.6 Å². The van der Waals surface area contributed by atoms with E-state index in [-0.39, 0.29) is 5.92 Å². The van der Waals surface area contributed by atoms with Crippen LogP contribution < -0.4 is 0 Å². The summed E-state index contributed by atoms with van der Waals surface area (Å²) in [5.41, 5.74) is -0.632. The highest BCUT2D eigenvalue weighted by Crippen LogP contribution is 2.28. The van der Waals surface area contributed by atoms with Gasteiger partial charge in [0.2, 0.25) is 0 Å². The van der Waals surface area contributed by atoms with Crippen LogP contribution in [0.25, 0.3) is 0 Å². The number of aliphatic hydroxyl groups excluding tert-OH is 1. The molecular weight excluding hydrogens is 250 g/mol. The second-order valence-electron chi connectivity index (χ2n) is 5.89. The second-order valence-corrected chi connectivity index (χ2v) is 5.89. The van der Waals surface area contributed by atoms with Crippen LogP contribution in [-0.4, -0.2) is 47.0 Å². The van der Waals surface area contributed by atoms with Crippen molar-refractivity contribution in [3.05, 3.63) is 0 Å². The summed E-state index contributed by atoms with van der Waals surface area (Å²) in [6.45, 7) is 7.10. The maximum atomic E-state index is 12.1. The first-order chi connectivity index (χ1) is 8.67. The van der Waals surface area contributed by atoms with Crippen molar-refractivity contribution >= 4 is 12.1 Å². The summed E-state index contributed by atoms with van der Waals surface area (Å²) in [6.07, 6.45) is -0.630. The molecular formula is C13H23NO5. The number of carbonyl (C=O) groups is 2. The van der Waals surface area contributed by atoms with Gasteiger partial charge in [0, 0.05) is 5.92 Å². The molecule has 1 fully saturated rings. The van der Waals surface area contributed by atoms with Gasteiger partial charge in [0.05, 0.1) is 7.11 Å². The molecule has 1 rings (SSSR count). The number of likely N-dealkylation sites (tertiary alicyclic amines) is 1. The fourth-order valence-electron chi connectivity index (χ4n) is 2.11. The predicted octanol–water partition coefficient (Wildman–Crippen LogP) is 1.51. The molecule has 0 spiro atoms. The summed E-state index contributed by atoms with van der Waals surface area (Å²) in [5, 5.41) is 10.1. The van der Waals surface area contributed by atoms with Gasteiger partial charge in [-0.3, -0.25) is 4.90 Å². The average Bonchev–Trinajstić information content (AvgIpc) is 2.29. The summed E-state index contributed by atoms with van der Waals surface area (Å²) in [6, 6.07) is -0.794. The Hall–Kier alpha value is -1.30. The van der Waals surface area contributed by atoms with Gasteiger partial charge in [0.1, 0.15) is 17.9 Å². The van der Waals surface area contributed by atoms with Crippen LogP contribution in [-0.2, 0) is 14.3 Å². The van der Waals surface area contributed by atoms with Crippen LogP contribution in [0.15, 0.2) is 0 Å². The number of piperidine rings is 1. The van der Waals surface area contributed by atoms with E-state index in [1.54, 1.807) is 20.8 Å². The zero-order valence-corrected chi connectivity index (χ0v) is 12.2. The molecule has 110 valence electrons. The van der Waals surface area contributed by atoms with Crippen LogP contribution in [0.2, 0.25) is 0 Å². The summed E-state index contributed by atoms with van der Waals surface area (Å²) in [7, 11) is 1.22. The first-order valence-electron chi connectivity index (χ1n) is 6.44. The molecule has 0 aromatic heterocycles. The molecule has 0 aromatic rings. The Balaban J connectivity index is 2.90. The van der Waals surface area contributed by atoms with Crippen molar-refractivity contribution in [3.63, 3.8) is 0 Å². The molecule has 1 heterocycles. The van der Waals surface area contributed by atoms with Crippen molar-refractivity contribution < 1.29 is 24.2 Å². The van der Waals surface area contributed by atoms with Gasteiger partial charge in [-0.25, -0.2) is 9.59 Å². The van der Waals surface area contributed by atoms with Crippen LogP contribution in [0.3, 0.4) is 0 Å². The number of carbonyl (C=O) groups excluding carboxylic acids is 2. The maximum absolute atomic E-state index is 12.1. The van der Waals surface area contributed by atoms with Crippen LogP contribution in [0, 0.1) is 5.92 Å². The topological polar surface area (TPSA) is 76.1 Å². The van der Waals surface area contributed by atoms with E-state index in [1.807, 2.05) is 6.92 Å². The van der Waals surface area contributed by atoms with Crippen LogP contribution >= 0.6 is 0 Å². The third-order valence-electron chi connectivity index (χ3n) is 3.09. The lowest BCUT2D eigenvalue weighted by Gasteiger charge is -2.41. The van der Waals surface area contributed by atoms with E-state index < -0.39 is 29.9 Å². The van der Waals surface area contributed by atoms with Gasteiger partial charge in [-0.05, 0) is 33.6 Å². The van der Waals surface area contributed by atoms with Crippen molar-refractivity contribution in [3.8, 4) is 0 Å². The minimum Gasteiger partial charge on any atom is -0.458 e. The molecule has 1 saturated heterocycles. The number of nitrogens with zero attached hydrogens (tertiary/aromatic N) is 1. The van der Waals surface area contributed by atoms with Crippen molar-refractivity contribution in [2.75, 3.05) is 7.11 Å². The van der Waals surface area contributed by atoms with E-state index in [0.29, 0.717) is 12.8 Å². The molecule has 0 aromatic carbocycles. The molecule has 1 N–H and O–H groups in total. The standard InChI is InChI=1S/C13H23NO5/c1-8-6-7-9(11(16)19-13(2,3)4)14(10(8)15)12(17)18-5/h8-10,15H,6-7H2,1-5H3/t8?,9-,10?/m0/s1. The highest BCUT2D eigenvalue weighted by molar-refractivity contribution is 5.82. The lowest BCUT2D eigenvalue weighted by Crippen LogP contribution is -2.57. The highest BCUT2D eigenvalue weighted by atomic mass is 16.6. The van der Waals surface area contributed by atoms with Gasteiger partial charge in [-0.15, -0.1) is 0 Å². The molecule has 1 amide bonds. The van der Waals surface area contributed by atoms with Gasteiger partial charge in [0.15, 0.2) is 0 Å². The molecule has 1 aliphatic rings. The van der Waals surface area contributed by atoms with Gasteiger partial charge >= 0.3 is 12.1 Å². The Kier molecular flexibility index (Phi) is 4.79. The molecule has 0 bridgehead atoms. The van der Waals surface area contributed by atoms with E-state index in [9.17, 15) is 14.7 Å². The first-order valence-corrected chi connectivity index (χ1v) is 6.44. The Bertz CT molecular complexity index is 349. The first kappa shape index (κ1) is 15.8. The van der Waals surface area contributed by atoms with Gasteiger partial charge in [-0.1, -0.05) is 6.92 Å².